The second kappa shape index (κ2) is 8.01. The summed E-state index contributed by atoms with van der Waals surface area (Å²) in [5, 5.41) is 5.24. The zero-order valence-electron chi connectivity index (χ0n) is 17.5. The number of aryl methyl sites for hydroxylation is 1. The number of hydrogen-bond acceptors (Lipinski definition) is 3. The highest BCUT2D eigenvalue weighted by Crippen LogP contribution is 2.31. The number of nitrogens with zero attached hydrogens (tertiary/aromatic N) is 5. The van der Waals surface area contributed by atoms with Crippen LogP contribution < -0.4 is 0 Å². The molecule has 1 amide bonds. The zero-order chi connectivity index (χ0) is 22.6. The molecule has 9 heteroatoms. The molecular formula is C23H20BrClFN5O. The molecule has 32 heavy (non-hydrogen) atoms. The Kier molecular flexibility index (Phi) is 5.29. The topological polar surface area (TPSA) is 55.4 Å². The summed E-state index contributed by atoms with van der Waals surface area (Å²) in [5.41, 5.74) is 3.56. The number of amides is 1. The van der Waals surface area contributed by atoms with Crippen molar-refractivity contribution in [1.82, 2.24) is 24.1 Å². The number of carbonyl (C=O) groups excluding carboxylic acids is 1. The van der Waals surface area contributed by atoms with Crippen LogP contribution in [0.15, 0.2) is 46.9 Å². The maximum Gasteiger partial charge on any atom is 0.273 e. The van der Waals surface area contributed by atoms with Gasteiger partial charge in [0.2, 0.25) is 0 Å². The molecule has 3 aromatic heterocycles. The van der Waals surface area contributed by atoms with Gasteiger partial charge in [0.15, 0.2) is 5.65 Å². The number of carbonyl (C=O) groups is 1. The predicted molar refractivity (Wildman–Crippen MR) is 124 cm³/mol. The molecule has 164 valence electrons. The second-order valence-electron chi connectivity index (χ2n) is 7.82. The maximum absolute atomic E-state index is 14.5. The van der Waals surface area contributed by atoms with Gasteiger partial charge in [-0.05, 0) is 49.7 Å². The number of rotatable bonds is 3. The van der Waals surface area contributed by atoms with Crippen LogP contribution >= 0.6 is 27.5 Å². The van der Waals surface area contributed by atoms with Gasteiger partial charge in [0, 0.05) is 40.6 Å². The van der Waals surface area contributed by atoms with Crippen LogP contribution in [-0.4, -0.2) is 36.5 Å². The second-order valence-corrected chi connectivity index (χ2v) is 9.12. The first-order valence-electron chi connectivity index (χ1n) is 10.4. The highest BCUT2D eigenvalue weighted by atomic mass is 79.9. The van der Waals surface area contributed by atoms with E-state index in [9.17, 15) is 9.18 Å². The van der Waals surface area contributed by atoms with Crippen LogP contribution in [-0.2, 0) is 13.0 Å². The first-order chi connectivity index (χ1) is 15.4. The van der Waals surface area contributed by atoms with Gasteiger partial charge in [-0.3, -0.25) is 4.79 Å². The molecule has 6 nitrogen and oxygen atoms in total. The van der Waals surface area contributed by atoms with E-state index >= 15 is 0 Å². The van der Waals surface area contributed by atoms with E-state index in [0.717, 1.165) is 11.4 Å². The lowest BCUT2D eigenvalue weighted by Crippen LogP contribution is -2.41. The fraction of sp³-hybridized carbons (Fsp3) is 0.261. The third-order valence-corrected chi connectivity index (χ3v) is 6.79. The molecule has 0 bridgehead atoms. The van der Waals surface area contributed by atoms with Crippen molar-refractivity contribution in [3.8, 4) is 11.3 Å². The van der Waals surface area contributed by atoms with Gasteiger partial charge >= 0.3 is 0 Å². The maximum atomic E-state index is 14.5. The molecule has 0 N–H and O–H groups in total. The number of benzene rings is 1. The molecule has 1 aliphatic heterocycles. The summed E-state index contributed by atoms with van der Waals surface area (Å²) in [4.78, 5) is 19.8. The van der Waals surface area contributed by atoms with Crippen molar-refractivity contribution in [2.45, 2.75) is 32.9 Å². The highest BCUT2D eigenvalue weighted by Gasteiger charge is 2.30. The molecule has 1 aliphatic rings. The molecule has 4 aromatic rings. The van der Waals surface area contributed by atoms with Gasteiger partial charge in [0.25, 0.3) is 5.91 Å². The summed E-state index contributed by atoms with van der Waals surface area (Å²) >= 11 is 9.53. The molecule has 1 atom stereocenters. The average Bonchev–Trinajstić information content (AvgIpc) is 3.37. The van der Waals surface area contributed by atoms with Crippen LogP contribution in [0.2, 0.25) is 5.15 Å². The van der Waals surface area contributed by atoms with Crippen molar-refractivity contribution in [2.75, 3.05) is 6.54 Å². The van der Waals surface area contributed by atoms with E-state index in [1.54, 1.807) is 28.8 Å². The Labute approximate surface area is 197 Å². The van der Waals surface area contributed by atoms with Crippen LogP contribution in [0.1, 0.15) is 41.8 Å². The molecule has 4 heterocycles. The minimum absolute atomic E-state index is 0.121. The van der Waals surface area contributed by atoms with Gasteiger partial charge in [-0.15, -0.1) is 0 Å². The van der Waals surface area contributed by atoms with E-state index < -0.39 is 0 Å². The lowest BCUT2D eigenvalue weighted by molar-refractivity contribution is 0.0638. The Morgan fingerprint density at radius 1 is 1.22 bits per heavy atom. The third kappa shape index (κ3) is 3.42. The third-order valence-electron chi connectivity index (χ3n) is 5.97. The summed E-state index contributed by atoms with van der Waals surface area (Å²) < 4.78 is 18.9. The Morgan fingerprint density at radius 3 is 2.78 bits per heavy atom. The van der Waals surface area contributed by atoms with Crippen molar-refractivity contribution < 1.29 is 9.18 Å². The largest absolute Gasteiger partial charge is 0.332 e. The van der Waals surface area contributed by atoms with Gasteiger partial charge in [-0.1, -0.05) is 34.5 Å². The summed E-state index contributed by atoms with van der Waals surface area (Å²) in [6.07, 6.45) is 0.650. The van der Waals surface area contributed by atoms with Crippen molar-refractivity contribution in [2.24, 2.45) is 0 Å². The van der Waals surface area contributed by atoms with Crippen LogP contribution in [0.25, 0.3) is 16.9 Å². The Balaban J connectivity index is 1.54. The number of aromatic nitrogens is 4. The first-order valence-corrected chi connectivity index (χ1v) is 11.6. The summed E-state index contributed by atoms with van der Waals surface area (Å²) in [7, 11) is 0. The molecular weight excluding hydrogens is 497 g/mol. The molecule has 0 radical (unpaired) electrons. The zero-order valence-corrected chi connectivity index (χ0v) is 19.9. The number of fused-ring (bicyclic) bond motifs is 2. The van der Waals surface area contributed by atoms with Crippen molar-refractivity contribution in [3.05, 3.63) is 75.0 Å². The van der Waals surface area contributed by atoms with E-state index in [0.29, 0.717) is 51.7 Å². The van der Waals surface area contributed by atoms with Crippen molar-refractivity contribution in [3.63, 3.8) is 0 Å². The summed E-state index contributed by atoms with van der Waals surface area (Å²) in [6, 6.07) is 12.0. The van der Waals surface area contributed by atoms with E-state index in [1.165, 1.54) is 6.07 Å². The standard InChI is InChI=1S/C23H20BrClFN5O/c1-3-15-11-19(23(32)29-8-9-30-20(13(29)2)6-7-21(30)25)27-22-12-18(28-31(15)22)16-5-4-14(24)10-17(16)26/h4-7,10-13H,3,8-9H2,1-2H3. The minimum Gasteiger partial charge on any atom is -0.332 e. The van der Waals surface area contributed by atoms with E-state index in [2.05, 4.69) is 26.0 Å². The Bertz CT molecular complexity index is 1360. The van der Waals surface area contributed by atoms with E-state index in [1.807, 2.05) is 35.4 Å². The van der Waals surface area contributed by atoms with Gasteiger partial charge in [-0.2, -0.15) is 5.10 Å². The van der Waals surface area contributed by atoms with Crippen LogP contribution in [0, 0.1) is 5.82 Å². The molecule has 0 saturated carbocycles. The van der Waals surface area contributed by atoms with Crippen LogP contribution in [0.5, 0.6) is 0 Å². The first kappa shape index (κ1) is 21.2. The van der Waals surface area contributed by atoms with Crippen molar-refractivity contribution in [1.29, 1.82) is 0 Å². The van der Waals surface area contributed by atoms with Gasteiger partial charge in [-0.25, -0.2) is 13.9 Å². The lowest BCUT2D eigenvalue weighted by atomic mass is 10.1. The Hall–Kier alpha value is -2.71. The molecule has 0 spiro atoms. The van der Waals surface area contributed by atoms with Crippen LogP contribution in [0.3, 0.4) is 0 Å². The number of halogens is 3. The van der Waals surface area contributed by atoms with Gasteiger partial charge in [0.05, 0.1) is 11.7 Å². The smallest absolute Gasteiger partial charge is 0.273 e. The van der Waals surface area contributed by atoms with E-state index in [4.69, 9.17) is 11.6 Å². The highest BCUT2D eigenvalue weighted by molar-refractivity contribution is 9.10. The quantitative estimate of drug-likeness (QED) is 0.360. The molecule has 1 aromatic carbocycles. The molecule has 0 fully saturated rings. The van der Waals surface area contributed by atoms with E-state index in [-0.39, 0.29) is 17.8 Å². The lowest BCUT2D eigenvalue weighted by Gasteiger charge is -2.35. The summed E-state index contributed by atoms with van der Waals surface area (Å²) in [5.74, 6) is -0.517. The molecule has 0 aliphatic carbocycles. The van der Waals surface area contributed by atoms with Crippen molar-refractivity contribution >= 4 is 39.1 Å². The molecule has 5 rings (SSSR count). The molecule has 1 unspecified atom stereocenters. The normalized spacial score (nSPS) is 15.9. The van der Waals surface area contributed by atoms with Crippen LogP contribution in [0.4, 0.5) is 4.39 Å². The monoisotopic (exact) mass is 515 g/mol. The molecule has 0 saturated heterocycles. The number of hydrogen-bond donors (Lipinski definition) is 0. The minimum atomic E-state index is -0.374. The van der Waals surface area contributed by atoms with Gasteiger partial charge < -0.3 is 9.47 Å². The summed E-state index contributed by atoms with van der Waals surface area (Å²) in [6.45, 7) is 5.17. The average molecular weight is 517 g/mol. The Morgan fingerprint density at radius 2 is 2.03 bits per heavy atom. The predicted octanol–water partition coefficient (Wildman–Crippen LogP) is 5.53. The SMILES string of the molecule is CCc1cc(C(=O)N2CCn3c(Cl)ccc3C2C)nc2cc(-c3ccc(Br)cc3F)nn12. The fourth-order valence-electron chi connectivity index (χ4n) is 4.27. The fourth-order valence-corrected chi connectivity index (χ4v) is 4.85. The van der Waals surface area contributed by atoms with Gasteiger partial charge in [0.1, 0.15) is 16.7 Å².